The first-order chi connectivity index (χ1) is 12.8. The van der Waals surface area contributed by atoms with Gasteiger partial charge >= 0.3 is 0 Å². The monoisotopic (exact) mass is 345 g/mol. The van der Waals surface area contributed by atoms with Gasteiger partial charge in [-0.3, -0.25) is 0 Å². The van der Waals surface area contributed by atoms with Gasteiger partial charge in [-0.15, -0.1) is 0 Å². The molecule has 0 saturated carbocycles. The van der Waals surface area contributed by atoms with Gasteiger partial charge in [0.05, 0.1) is 12.5 Å². The highest BCUT2D eigenvalue weighted by Gasteiger charge is 2.38. The van der Waals surface area contributed by atoms with Crippen molar-refractivity contribution in [2.24, 2.45) is 5.73 Å². The zero-order chi connectivity index (χ0) is 17.8. The Morgan fingerprint density at radius 3 is 2.27 bits per heavy atom. The van der Waals surface area contributed by atoms with Gasteiger partial charge in [-0.05, 0) is 35.2 Å². The molecule has 3 heteroatoms. The number of hydrogen-bond donors (Lipinski definition) is 1. The molecule has 0 bridgehead atoms. The normalized spacial score (nSPS) is 19.7. The number of rotatable bonds is 6. The first-order valence-corrected chi connectivity index (χ1v) is 9.02. The van der Waals surface area contributed by atoms with Crippen LogP contribution in [0.5, 0.6) is 5.75 Å². The summed E-state index contributed by atoms with van der Waals surface area (Å²) in [5, 5.41) is 0. The Hall–Kier alpha value is -2.62. The van der Waals surface area contributed by atoms with E-state index in [9.17, 15) is 0 Å². The molecule has 3 unspecified atom stereocenters. The van der Waals surface area contributed by atoms with Gasteiger partial charge in [0.1, 0.15) is 5.75 Å². The van der Waals surface area contributed by atoms with E-state index in [4.69, 9.17) is 15.2 Å². The van der Waals surface area contributed by atoms with Gasteiger partial charge in [0, 0.05) is 6.04 Å². The summed E-state index contributed by atoms with van der Waals surface area (Å²) in [7, 11) is 0. The van der Waals surface area contributed by atoms with Crippen LogP contribution in [0.25, 0.3) is 0 Å². The summed E-state index contributed by atoms with van der Waals surface area (Å²) in [6, 6.07) is 28.3. The molecule has 1 aliphatic carbocycles. The minimum atomic E-state index is -0.434. The smallest absolute Gasteiger partial charge is 0.208 e. The number of nitrogens with two attached hydrogens (primary N) is 1. The SMILES string of the molecule is NC1Cc2ccccc2C1C(OCc1ccccc1)Oc1ccccc1. The Bertz CT molecular complexity index is 835. The van der Waals surface area contributed by atoms with Crippen molar-refractivity contribution in [3.8, 4) is 5.75 Å². The molecule has 4 rings (SSSR count). The second-order valence-corrected chi connectivity index (χ2v) is 6.69. The molecule has 0 radical (unpaired) electrons. The summed E-state index contributed by atoms with van der Waals surface area (Å²) in [6.07, 6.45) is 0.417. The molecule has 0 aliphatic heterocycles. The van der Waals surface area contributed by atoms with Crippen LogP contribution in [0.3, 0.4) is 0 Å². The maximum Gasteiger partial charge on any atom is 0.208 e. The molecule has 3 aromatic rings. The van der Waals surface area contributed by atoms with Crippen molar-refractivity contribution in [3.05, 3.63) is 102 Å². The lowest BCUT2D eigenvalue weighted by Gasteiger charge is -2.28. The number of benzene rings is 3. The lowest BCUT2D eigenvalue weighted by molar-refractivity contribution is -0.107. The largest absolute Gasteiger partial charge is 0.464 e. The molecule has 0 fully saturated rings. The highest BCUT2D eigenvalue weighted by Crippen LogP contribution is 2.37. The van der Waals surface area contributed by atoms with E-state index < -0.39 is 6.29 Å². The van der Waals surface area contributed by atoms with Gasteiger partial charge in [0.15, 0.2) is 0 Å². The zero-order valence-corrected chi connectivity index (χ0v) is 14.6. The van der Waals surface area contributed by atoms with Crippen LogP contribution in [-0.2, 0) is 17.8 Å². The van der Waals surface area contributed by atoms with Crippen molar-refractivity contribution in [2.75, 3.05) is 0 Å². The average molecular weight is 345 g/mol. The highest BCUT2D eigenvalue weighted by molar-refractivity contribution is 5.38. The van der Waals surface area contributed by atoms with Gasteiger partial charge in [-0.1, -0.05) is 72.8 Å². The predicted molar refractivity (Wildman–Crippen MR) is 103 cm³/mol. The van der Waals surface area contributed by atoms with Crippen molar-refractivity contribution in [3.63, 3.8) is 0 Å². The number of ether oxygens (including phenoxy) is 2. The Morgan fingerprint density at radius 1 is 0.846 bits per heavy atom. The Labute approximate surface area is 154 Å². The summed E-state index contributed by atoms with van der Waals surface area (Å²) in [5.74, 6) is 0.803. The molecule has 0 spiro atoms. The first kappa shape index (κ1) is 16.8. The molecule has 1 aliphatic rings. The second-order valence-electron chi connectivity index (χ2n) is 6.69. The second kappa shape index (κ2) is 7.73. The number of para-hydroxylation sites is 1. The molecule has 0 amide bonds. The fraction of sp³-hybridized carbons (Fsp3) is 0.217. The van der Waals surface area contributed by atoms with Crippen LogP contribution < -0.4 is 10.5 Å². The van der Waals surface area contributed by atoms with E-state index >= 15 is 0 Å². The fourth-order valence-electron chi connectivity index (χ4n) is 3.60. The third-order valence-corrected chi connectivity index (χ3v) is 4.88. The van der Waals surface area contributed by atoms with Gasteiger partial charge in [0.2, 0.25) is 6.29 Å². The molecule has 0 saturated heterocycles. The van der Waals surface area contributed by atoms with Crippen LogP contribution in [0.4, 0.5) is 0 Å². The van der Waals surface area contributed by atoms with Crippen molar-refractivity contribution >= 4 is 0 Å². The zero-order valence-electron chi connectivity index (χ0n) is 14.6. The van der Waals surface area contributed by atoms with E-state index in [0.29, 0.717) is 6.61 Å². The summed E-state index contributed by atoms with van der Waals surface area (Å²) in [5.41, 5.74) is 10.1. The summed E-state index contributed by atoms with van der Waals surface area (Å²) in [6.45, 7) is 0.490. The maximum absolute atomic E-state index is 6.49. The van der Waals surface area contributed by atoms with E-state index in [-0.39, 0.29) is 12.0 Å². The van der Waals surface area contributed by atoms with Gasteiger partial charge in [-0.2, -0.15) is 0 Å². The number of hydrogen-bond acceptors (Lipinski definition) is 3. The molecule has 2 N–H and O–H groups in total. The minimum Gasteiger partial charge on any atom is -0.464 e. The lowest BCUT2D eigenvalue weighted by Crippen LogP contribution is -2.38. The standard InChI is InChI=1S/C23H23NO2/c24-21-15-18-11-7-8-14-20(18)22(21)23(26-19-12-5-2-6-13-19)25-16-17-9-3-1-4-10-17/h1-14,21-23H,15-16,24H2. The molecule has 3 nitrogen and oxygen atoms in total. The molecule has 3 aromatic carbocycles. The molecule has 0 aromatic heterocycles. The van der Waals surface area contributed by atoms with E-state index in [1.807, 2.05) is 48.5 Å². The first-order valence-electron chi connectivity index (χ1n) is 9.02. The van der Waals surface area contributed by atoms with Crippen LogP contribution in [0.2, 0.25) is 0 Å². The molecular formula is C23H23NO2. The third kappa shape index (κ3) is 3.64. The van der Waals surface area contributed by atoms with Gasteiger partial charge in [-0.25, -0.2) is 0 Å². The quantitative estimate of drug-likeness (QED) is 0.678. The topological polar surface area (TPSA) is 44.5 Å². The summed E-state index contributed by atoms with van der Waals surface area (Å²) < 4.78 is 12.5. The van der Waals surface area contributed by atoms with Crippen molar-refractivity contribution in [2.45, 2.75) is 31.3 Å². The molecule has 0 heterocycles. The van der Waals surface area contributed by atoms with Crippen LogP contribution in [0.15, 0.2) is 84.9 Å². The van der Waals surface area contributed by atoms with Crippen molar-refractivity contribution in [1.82, 2.24) is 0 Å². The molecule has 132 valence electrons. The maximum atomic E-state index is 6.49. The van der Waals surface area contributed by atoms with Crippen LogP contribution in [0.1, 0.15) is 22.6 Å². The fourth-order valence-corrected chi connectivity index (χ4v) is 3.60. The molecule has 3 atom stereocenters. The van der Waals surface area contributed by atoms with Gasteiger partial charge < -0.3 is 15.2 Å². The third-order valence-electron chi connectivity index (χ3n) is 4.88. The van der Waals surface area contributed by atoms with E-state index in [1.165, 1.54) is 11.1 Å². The van der Waals surface area contributed by atoms with Crippen molar-refractivity contribution in [1.29, 1.82) is 0 Å². The van der Waals surface area contributed by atoms with Gasteiger partial charge in [0.25, 0.3) is 0 Å². The molecular weight excluding hydrogens is 322 g/mol. The minimum absolute atomic E-state index is 0.00937. The van der Waals surface area contributed by atoms with E-state index in [1.54, 1.807) is 0 Å². The Kier molecular flexibility index (Phi) is 5.00. The van der Waals surface area contributed by atoms with Crippen molar-refractivity contribution < 1.29 is 9.47 Å². The van der Waals surface area contributed by atoms with E-state index in [0.717, 1.165) is 17.7 Å². The Morgan fingerprint density at radius 2 is 1.50 bits per heavy atom. The van der Waals surface area contributed by atoms with Crippen LogP contribution in [0, 0.1) is 0 Å². The summed E-state index contributed by atoms with van der Waals surface area (Å²) >= 11 is 0. The van der Waals surface area contributed by atoms with E-state index in [2.05, 4.69) is 36.4 Å². The lowest BCUT2D eigenvalue weighted by atomic mass is 9.98. The van der Waals surface area contributed by atoms with Crippen LogP contribution in [-0.4, -0.2) is 12.3 Å². The summed E-state index contributed by atoms with van der Waals surface area (Å²) in [4.78, 5) is 0. The average Bonchev–Trinajstić information content (AvgIpc) is 3.02. The highest BCUT2D eigenvalue weighted by atomic mass is 16.7. The van der Waals surface area contributed by atoms with Crippen LogP contribution >= 0.6 is 0 Å². The Balaban J connectivity index is 1.59. The predicted octanol–water partition coefficient (Wildman–Crippen LogP) is 4.28. The molecule has 26 heavy (non-hydrogen) atoms. The number of fused-ring (bicyclic) bond motifs is 1.